The van der Waals surface area contributed by atoms with Gasteiger partial charge in [-0.25, -0.2) is 4.98 Å². The fraction of sp³-hybridized carbons (Fsp3) is 0.0588. The highest BCUT2D eigenvalue weighted by Crippen LogP contribution is 2.31. The summed E-state index contributed by atoms with van der Waals surface area (Å²) in [4.78, 5) is 9.22. The van der Waals surface area contributed by atoms with Crippen LogP contribution in [0.15, 0.2) is 138 Å². The Kier molecular flexibility index (Phi) is 7.83. The maximum atomic E-state index is 5.35. The zero-order valence-corrected chi connectivity index (χ0v) is 21.2. The average molecular weight is 495 g/mol. The van der Waals surface area contributed by atoms with Crippen molar-refractivity contribution in [2.45, 2.75) is 13.0 Å². The third-order valence-electron chi connectivity index (χ3n) is 6.43. The largest absolute Gasteiger partial charge is 0.326 e. The molecule has 6 rings (SSSR count). The number of allylic oxidation sites excluding steroid dienone is 1. The van der Waals surface area contributed by atoms with Crippen LogP contribution in [0.2, 0.25) is 0 Å². The molecule has 186 valence electrons. The topological polar surface area (TPSA) is 56.2 Å². The fourth-order valence-electron chi connectivity index (χ4n) is 4.55. The molecular weight excluding hydrogens is 464 g/mol. The van der Waals surface area contributed by atoms with Crippen LogP contribution in [0.3, 0.4) is 0 Å². The highest BCUT2D eigenvalue weighted by atomic mass is 15.1. The van der Waals surface area contributed by atoms with Gasteiger partial charge in [-0.3, -0.25) is 9.56 Å². The number of aliphatic imine (C=N–C) groups is 1. The number of nitrogens with zero attached hydrogens (tertiary/aromatic N) is 3. The molecule has 0 saturated heterocycles. The third kappa shape index (κ3) is 5.46. The van der Waals surface area contributed by atoms with Crippen molar-refractivity contribution >= 4 is 34.2 Å². The Balaban J connectivity index is 0.000000316. The van der Waals surface area contributed by atoms with Crippen LogP contribution in [0.5, 0.6) is 0 Å². The Morgan fingerprint density at radius 3 is 1.79 bits per heavy atom. The number of nitrogens with two attached hydrogens (primary N) is 1. The molecule has 0 aliphatic carbocycles. The SMILES string of the molecule is C=N/C(=C\Cc1ccccc1)c1cccc(-n2c3ccccc3c3ccccc32)n1.NCc1ccccc1. The molecule has 0 fully saturated rings. The average Bonchev–Trinajstić information content (AvgIpc) is 3.33. The van der Waals surface area contributed by atoms with Crippen LogP contribution in [0.1, 0.15) is 16.8 Å². The summed E-state index contributed by atoms with van der Waals surface area (Å²) in [6, 6.07) is 43.3. The number of pyridine rings is 1. The van der Waals surface area contributed by atoms with Gasteiger partial charge in [-0.2, -0.15) is 0 Å². The lowest BCUT2D eigenvalue weighted by atomic mass is 10.1. The molecule has 0 atom stereocenters. The number of hydrogen-bond acceptors (Lipinski definition) is 3. The lowest BCUT2D eigenvalue weighted by molar-refractivity contribution is 1.06. The van der Waals surface area contributed by atoms with E-state index in [9.17, 15) is 0 Å². The maximum Gasteiger partial charge on any atom is 0.138 e. The Hall–Kier alpha value is -4.80. The molecular formula is C34H30N4. The molecule has 0 spiro atoms. The van der Waals surface area contributed by atoms with Crippen molar-refractivity contribution in [1.29, 1.82) is 0 Å². The minimum atomic E-state index is 0.640. The van der Waals surface area contributed by atoms with E-state index in [1.807, 2.05) is 66.7 Å². The number of benzene rings is 4. The summed E-state index contributed by atoms with van der Waals surface area (Å²) >= 11 is 0. The van der Waals surface area contributed by atoms with E-state index in [2.05, 4.69) is 83.0 Å². The summed E-state index contributed by atoms with van der Waals surface area (Å²) in [5.41, 5.74) is 11.7. The first-order chi connectivity index (χ1) is 18.8. The summed E-state index contributed by atoms with van der Waals surface area (Å²) in [6.45, 7) is 4.42. The minimum Gasteiger partial charge on any atom is -0.326 e. The molecule has 2 N–H and O–H groups in total. The minimum absolute atomic E-state index is 0.640. The molecule has 0 amide bonds. The third-order valence-corrected chi connectivity index (χ3v) is 6.43. The number of para-hydroxylation sites is 2. The lowest BCUT2D eigenvalue weighted by Gasteiger charge is -2.09. The molecule has 2 heterocycles. The van der Waals surface area contributed by atoms with Crippen LogP contribution in [-0.2, 0) is 13.0 Å². The first-order valence-electron chi connectivity index (χ1n) is 12.7. The molecule has 4 aromatic carbocycles. The Bertz CT molecular complexity index is 1630. The first kappa shape index (κ1) is 24.9. The highest BCUT2D eigenvalue weighted by molar-refractivity contribution is 6.09. The second-order valence-corrected chi connectivity index (χ2v) is 8.88. The van der Waals surface area contributed by atoms with Crippen LogP contribution in [0.25, 0.3) is 33.3 Å². The monoisotopic (exact) mass is 494 g/mol. The van der Waals surface area contributed by atoms with Crippen LogP contribution < -0.4 is 5.73 Å². The van der Waals surface area contributed by atoms with E-state index in [0.29, 0.717) is 6.54 Å². The van der Waals surface area contributed by atoms with Gasteiger partial charge in [-0.1, -0.05) is 109 Å². The van der Waals surface area contributed by atoms with Gasteiger partial charge < -0.3 is 5.73 Å². The molecule has 0 bridgehead atoms. The molecule has 0 aliphatic heterocycles. The van der Waals surface area contributed by atoms with Crippen LogP contribution in [-0.4, -0.2) is 16.3 Å². The fourth-order valence-corrected chi connectivity index (χ4v) is 4.55. The van der Waals surface area contributed by atoms with Crippen molar-refractivity contribution in [2.24, 2.45) is 10.7 Å². The summed E-state index contributed by atoms with van der Waals surface area (Å²) in [5, 5.41) is 2.45. The Morgan fingerprint density at radius 2 is 1.24 bits per heavy atom. The van der Waals surface area contributed by atoms with Crippen LogP contribution in [0, 0.1) is 0 Å². The lowest BCUT2D eigenvalue weighted by Crippen LogP contribution is -1.99. The first-order valence-corrected chi connectivity index (χ1v) is 12.7. The molecule has 0 unspecified atom stereocenters. The van der Waals surface area contributed by atoms with Crippen LogP contribution >= 0.6 is 0 Å². The quantitative estimate of drug-likeness (QED) is 0.242. The maximum absolute atomic E-state index is 5.35. The summed E-state index contributed by atoms with van der Waals surface area (Å²) in [5.74, 6) is 0.874. The smallest absolute Gasteiger partial charge is 0.138 e. The molecule has 0 saturated carbocycles. The van der Waals surface area contributed by atoms with Crippen molar-refractivity contribution in [2.75, 3.05) is 0 Å². The van der Waals surface area contributed by atoms with E-state index in [4.69, 9.17) is 10.7 Å². The van der Waals surface area contributed by atoms with Gasteiger partial charge in [0.25, 0.3) is 0 Å². The second-order valence-electron chi connectivity index (χ2n) is 8.88. The number of rotatable bonds is 6. The van der Waals surface area contributed by atoms with Crippen molar-refractivity contribution < 1.29 is 0 Å². The van der Waals surface area contributed by atoms with Gasteiger partial charge in [-0.15, -0.1) is 0 Å². The molecule has 2 aromatic heterocycles. The van der Waals surface area contributed by atoms with E-state index < -0.39 is 0 Å². The standard InChI is InChI=1S/C27H21N3.C7H9N/c1-28-23(19-18-20-10-3-2-4-11-20)24-14-9-17-27(29-24)30-25-15-7-5-12-21(25)22-13-6-8-16-26(22)30;8-6-7-4-2-1-3-5-7/h2-17,19H,1,18H2;1-5H,6,8H2/b23-19-;. The normalized spacial score (nSPS) is 11.2. The highest BCUT2D eigenvalue weighted by Gasteiger charge is 2.13. The summed E-state index contributed by atoms with van der Waals surface area (Å²) in [7, 11) is 0. The van der Waals surface area contributed by atoms with E-state index >= 15 is 0 Å². The van der Waals surface area contributed by atoms with Gasteiger partial charge in [0.05, 0.1) is 22.4 Å². The summed E-state index contributed by atoms with van der Waals surface area (Å²) in [6.07, 6.45) is 2.87. The number of aromatic nitrogens is 2. The zero-order valence-electron chi connectivity index (χ0n) is 21.2. The molecule has 6 aromatic rings. The van der Waals surface area contributed by atoms with E-state index in [-0.39, 0.29) is 0 Å². The Labute approximate surface area is 223 Å². The van der Waals surface area contributed by atoms with E-state index in [1.54, 1.807) is 0 Å². The van der Waals surface area contributed by atoms with Crippen molar-refractivity contribution in [3.63, 3.8) is 0 Å². The molecule has 0 aliphatic rings. The molecule has 0 radical (unpaired) electrons. The molecule has 4 nitrogen and oxygen atoms in total. The van der Waals surface area contributed by atoms with Gasteiger partial charge in [0, 0.05) is 17.3 Å². The predicted octanol–water partition coefficient (Wildman–Crippen LogP) is 7.61. The van der Waals surface area contributed by atoms with Gasteiger partial charge in [0.2, 0.25) is 0 Å². The summed E-state index contributed by atoms with van der Waals surface area (Å²) < 4.78 is 2.21. The zero-order chi connectivity index (χ0) is 26.2. The Morgan fingerprint density at radius 1 is 0.684 bits per heavy atom. The predicted molar refractivity (Wildman–Crippen MR) is 161 cm³/mol. The number of fused-ring (bicyclic) bond motifs is 3. The van der Waals surface area contributed by atoms with Gasteiger partial charge in [0.15, 0.2) is 0 Å². The van der Waals surface area contributed by atoms with Gasteiger partial charge in [0.1, 0.15) is 5.82 Å². The van der Waals surface area contributed by atoms with Crippen molar-refractivity contribution in [1.82, 2.24) is 9.55 Å². The second kappa shape index (κ2) is 12.0. The van der Waals surface area contributed by atoms with Crippen molar-refractivity contribution in [3.8, 4) is 5.82 Å². The van der Waals surface area contributed by atoms with Gasteiger partial charge in [-0.05, 0) is 48.5 Å². The molecule has 4 heteroatoms. The van der Waals surface area contributed by atoms with E-state index in [1.165, 1.54) is 21.9 Å². The van der Waals surface area contributed by atoms with Crippen molar-refractivity contribution in [3.05, 3.63) is 150 Å². The number of hydrogen-bond donors (Lipinski definition) is 1. The van der Waals surface area contributed by atoms with Crippen LogP contribution in [0.4, 0.5) is 0 Å². The van der Waals surface area contributed by atoms with E-state index in [0.717, 1.165) is 34.7 Å². The molecule has 38 heavy (non-hydrogen) atoms. The van der Waals surface area contributed by atoms with Gasteiger partial charge >= 0.3 is 0 Å².